The highest BCUT2D eigenvalue weighted by molar-refractivity contribution is 7.92. The number of nitrogen functional groups attached to an aromatic ring is 1. The van der Waals surface area contributed by atoms with Gasteiger partial charge in [-0.2, -0.15) is 0 Å². The van der Waals surface area contributed by atoms with Gasteiger partial charge in [0.1, 0.15) is 16.5 Å². The molecule has 2 aromatic rings. The standard InChI is InChI=1S/C13H14FN3O2S/c1-8-3-4-12(16-7-8)17-20(18,19)11-6-10(15)5-9(2)13(11)14/h3-7H,15H2,1-2H3,(H,16,17). The number of sulfonamides is 1. The lowest BCUT2D eigenvalue weighted by atomic mass is 10.2. The molecule has 0 spiro atoms. The Morgan fingerprint density at radius 2 is 1.95 bits per heavy atom. The molecule has 1 heterocycles. The van der Waals surface area contributed by atoms with Gasteiger partial charge in [0, 0.05) is 11.9 Å². The quantitative estimate of drug-likeness (QED) is 0.850. The van der Waals surface area contributed by atoms with E-state index in [1.54, 1.807) is 6.07 Å². The highest BCUT2D eigenvalue weighted by Crippen LogP contribution is 2.23. The van der Waals surface area contributed by atoms with Gasteiger partial charge >= 0.3 is 0 Å². The molecule has 2 rings (SSSR count). The Bertz CT molecular complexity index is 743. The fourth-order valence-corrected chi connectivity index (χ4v) is 2.87. The number of pyridine rings is 1. The van der Waals surface area contributed by atoms with Gasteiger partial charge in [-0.3, -0.25) is 4.72 Å². The summed E-state index contributed by atoms with van der Waals surface area (Å²) in [6.07, 6.45) is 1.51. The van der Waals surface area contributed by atoms with E-state index in [-0.39, 0.29) is 17.1 Å². The summed E-state index contributed by atoms with van der Waals surface area (Å²) < 4.78 is 40.5. The zero-order valence-corrected chi connectivity index (χ0v) is 11.8. The number of hydrogen-bond acceptors (Lipinski definition) is 4. The van der Waals surface area contributed by atoms with Crippen LogP contribution in [0.15, 0.2) is 35.4 Å². The molecule has 1 aromatic heterocycles. The second-order valence-electron chi connectivity index (χ2n) is 4.48. The monoisotopic (exact) mass is 295 g/mol. The number of rotatable bonds is 3. The summed E-state index contributed by atoms with van der Waals surface area (Å²) in [5, 5.41) is 0. The van der Waals surface area contributed by atoms with Crippen molar-refractivity contribution in [1.82, 2.24) is 4.98 Å². The van der Waals surface area contributed by atoms with E-state index in [0.29, 0.717) is 0 Å². The molecule has 0 saturated heterocycles. The van der Waals surface area contributed by atoms with Gasteiger partial charge in [-0.15, -0.1) is 0 Å². The highest BCUT2D eigenvalue weighted by Gasteiger charge is 2.21. The fourth-order valence-electron chi connectivity index (χ4n) is 1.68. The molecule has 0 saturated carbocycles. The predicted molar refractivity (Wildman–Crippen MR) is 75.3 cm³/mol. The topological polar surface area (TPSA) is 85.1 Å². The number of aryl methyl sites for hydroxylation is 2. The van der Waals surface area contributed by atoms with Crippen LogP contribution in [-0.4, -0.2) is 13.4 Å². The molecule has 1 aromatic carbocycles. The van der Waals surface area contributed by atoms with Crippen molar-refractivity contribution in [3.8, 4) is 0 Å². The van der Waals surface area contributed by atoms with Gasteiger partial charge in [-0.05, 0) is 43.2 Å². The van der Waals surface area contributed by atoms with E-state index < -0.39 is 20.7 Å². The van der Waals surface area contributed by atoms with Gasteiger partial charge in [0.05, 0.1) is 0 Å². The molecule has 0 atom stereocenters. The van der Waals surface area contributed by atoms with Crippen LogP contribution in [0.2, 0.25) is 0 Å². The zero-order valence-electron chi connectivity index (χ0n) is 11.0. The van der Waals surface area contributed by atoms with Crippen LogP contribution in [-0.2, 0) is 10.0 Å². The van der Waals surface area contributed by atoms with Gasteiger partial charge in [0.2, 0.25) is 0 Å². The first kappa shape index (κ1) is 14.3. The van der Waals surface area contributed by atoms with Gasteiger partial charge < -0.3 is 5.73 Å². The van der Waals surface area contributed by atoms with Crippen molar-refractivity contribution in [3.05, 3.63) is 47.4 Å². The fraction of sp³-hybridized carbons (Fsp3) is 0.154. The number of halogens is 1. The molecule has 0 bridgehead atoms. The highest BCUT2D eigenvalue weighted by atomic mass is 32.2. The van der Waals surface area contributed by atoms with E-state index in [1.807, 2.05) is 6.92 Å². The zero-order chi connectivity index (χ0) is 14.9. The van der Waals surface area contributed by atoms with Crippen LogP contribution in [0, 0.1) is 19.7 Å². The van der Waals surface area contributed by atoms with Gasteiger partial charge in [0.25, 0.3) is 10.0 Å². The Hall–Kier alpha value is -2.15. The Morgan fingerprint density at radius 3 is 2.55 bits per heavy atom. The van der Waals surface area contributed by atoms with Crippen LogP contribution < -0.4 is 10.5 Å². The second kappa shape index (κ2) is 5.09. The molecule has 0 unspecified atom stereocenters. The summed E-state index contributed by atoms with van der Waals surface area (Å²) in [5.74, 6) is -0.700. The maximum absolute atomic E-state index is 13.9. The van der Waals surface area contributed by atoms with E-state index >= 15 is 0 Å². The van der Waals surface area contributed by atoms with Crippen LogP contribution >= 0.6 is 0 Å². The van der Waals surface area contributed by atoms with Crippen molar-refractivity contribution < 1.29 is 12.8 Å². The minimum Gasteiger partial charge on any atom is -0.399 e. The maximum Gasteiger partial charge on any atom is 0.266 e. The minimum atomic E-state index is -4.07. The lowest BCUT2D eigenvalue weighted by Crippen LogP contribution is -2.16. The van der Waals surface area contributed by atoms with Crippen molar-refractivity contribution in [3.63, 3.8) is 0 Å². The van der Waals surface area contributed by atoms with Crippen molar-refractivity contribution in [2.75, 3.05) is 10.5 Å². The van der Waals surface area contributed by atoms with Crippen LogP contribution in [0.1, 0.15) is 11.1 Å². The molecule has 0 amide bonds. The van der Waals surface area contributed by atoms with Crippen molar-refractivity contribution >= 4 is 21.5 Å². The van der Waals surface area contributed by atoms with Gasteiger partial charge in [-0.25, -0.2) is 17.8 Å². The molecule has 106 valence electrons. The summed E-state index contributed by atoms with van der Waals surface area (Å²) in [7, 11) is -4.07. The summed E-state index contributed by atoms with van der Waals surface area (Å²) in [6.45, 7) is 3.28. The average Bonchev–Trinajstić information content (AvgIpc) is 2.36. The first-order chi connectivity index (χ1) is 9.29. The smallest absolute Gasteiger partial charge is 0.266 e. The third kappa shape index (κ3) is 2.88. The molecular formula is C13H14FN3O2S. The molecule has 3 N–H and O–H groups in total. The van der Waals surface area contributed by atoms with Crippen LogP contribution in [0.4, 0.5) is 15.9 Å². The summed E-state index contributed by atoms with van der Waals surface area (Å²) >= 11 is 0. The van der Waals surface area contributed by atoms with E-state index in [2.05, 4.69) is 9.71 Å². The molecule has 0 radical (unpaired) electrons. The Balaban J connectivity index is 2.43. The number of nitrogens with zero attached hydrogens (tertiary/aromatic N) is 1. The molecule has 5 nitrogen and oxygen atoms in total. The van der Waals surface area contributed by atoms with E-state index in [4.69, 9.17) is 5.73 Å². The van der Waals surface area contributed by atoms with Crippen molar-refractivity contribution in [2.24, 2.45) is 0 Å². The number of aromatic nitrogens is 1. The third-order valence-corrected chi connectivity index (χ3v) is 4.04. The molecule has 0 aliphatic rings. The predicted octanol–water partition coefficient (Wildman–Crippen LogP) is 2.22. The second-order valence-corrected chi connectivity index (χ2v) is 6.13. The molecule has 20 heavy (non-hydrogen) atoms. The molecule has 0 aliphatic heterocycles. The first-order valence-electron chi connectivity index (χ1n) is 5.81. The molecule has 7 heteroatoms. The van der Waals surface area contributed by atoms with Gasteiger partial charge in [0.15, 0.2) is 0 Å². The maximum atomic E-state index is 13.9. The first-order valence-corrected chi connectivity index (χ1v) is 7.29. The SMILES string of the molecule is Cc1ccc(NS(=O)(=O)c2cc(N)cc(C)c2F)nc1. The molecular weight excluding hydrogens is 281 g/mol. The Kier molecular flexibility index (Phi) is 3.63. The molecule has 0 aliphatic carbocycles. The minimum absolute atomic E-state index is 0.120. The summed E-state index contributed by atoms with van der Waals surface area (Å²) in [6, 6.07) is 5.66. The van der Waals surface area contributed by atoms with E-state index in [1.165, 1.54) is 25.3 Å². The molecule has 0 fully saturated rings. The average molecular weight is 295 g/mol. The number of benzene rings is 1. The lowest BCUT2D eigenvalue weighted by Gasteiger charge is -2.10. The summed E-state index contributed by atoms with van der Waals surface area (Å²) in [5.41, 5.74) is 6.80. The van der Waals surface area contributed by atoms with E-state index in [9.17, 15) is 12.8 Å². The number of anilines is 2. The lowest BCUT2D eigenvalue weighted by molar-refractivity contribution is 0.565. The van der Waals surface area contributed by atoms with Crippen molar-refractivity contribution in [1.29, 1.82) is 0 Å². The van der Waals surface area contributed by atoms with Crippen LogP contribution in [0.5, 0.6) is 0 Å². The Labute approximate surface area is 116 Å². The van der Waals surface area contributed by atoms with E-state index in [0.717, 1.165) is 11.6 Å². The Morgan fingerprint density at radius 1 is 1.25 bits per heavy atom. The third-order valence-electron chi connectivity index (χ3n) is 2.68. The van der Waals surface area contributed by atoms with Crippen LogP contribution in [0.25, 0.3) is 0 Å². The van der Waals surface area contributed by atoms with Crippen molar-refractivity contribution in [2.45, 2.75) is 18.7 Å². The number of hydrogen-bond donors (Lipinski definition) is 2. The van der Waals surface area contributed by atoms with Crippen LogP contribution in [0.3, 0.4) is 0 Å². The normalized spacial score (nSPS) is 11.3. The van der Waals surface area contributed by atoms with Gasteiger partial charge in [-0.1, -0.05) is 6.07 Å². The number of nitrogens with one attached hydrogen (secondary N) is 1. The largest absolute Gasteiger partial charge is 0.399 e. The number of nitrogens with two attached hydrogens (primary N) is 1. The summed E-state index contributed by atoms with van der Waals surface area (Å²) in [4.78, 5) is 3.43.